The van der Waals surface area contributed by atoms with Crippen molar-refractivity contribution >= 4 is 21.8 Å². The molecule has 0 spiro atoms. The molecule has 0 aliphatic carbocycles. The van der Waals surface area contributed by atoms with Crippen molar-refractivity contribution in [3.8, 4) is 0 Å². The van der Waals surface area contributed by atoms with Crippen molar-refractivity contribution in [3.05, 3.63) is 68.5 Å². The van der Waals surface area contributed by atoms with Crippen LogP contribution in [0.3, 0.4) is 0 Å². The summed E-state index contributed by atoms with van der Waals surface area (Å²) >= 11 is 3.35. The predicted molar refractivity (Wildman–Crippen MR) is 95.8 cm³/mol. The van der Waals surface area contributed by atoms with Gasteiger partial charge in [0, 0.05) is 22.3 Å². The van der Waals surface area contributed by atoms with Crippen LogP contribution in [-0.4, -0.2) is 16.0 Å². The molecule has 0 radical (unpaired) electrons. The van der Waals surface area contributed by atoms with Gasteiger partial charge in [-0.2, -0.15) is 13.2 Å². The summed E-state index contributed by atoms with van der Waals surface area (Å²) in [4.78, 5) is 24.0. The van der Waals surface area contributed by atoms with E-state index in [1.807, 2.05) is 38.1 Å². The van der Waals surface area contributed by atoms with Gasteiger partial charge >= 0.3 is 6.18 Å². The summed E-state index contributed by atoms with van der Waals surface area (Å²) in [5, 5.41) is 2.76. The Bertz CT molecular complexity index is 843. The Kier molecular flexibility index (Phi) is 5.95. The lowest BCUT2D eigenvalue weighted by Gasteiger charge is -2.27. The van der Waals surface area contributed by atoms with Gasteiger partial charge in [0.25, 0.3) is 5.56 Å². The van der Waals surface area contributed by atoms with Crippen LogP contribution in [0.5, 0.6) is 0 Å². The van der Waals surface area contributed by atoms with E-state index in [-0.39, 0.29) is 0 Å². The first-order valence-electron chi connectivity index (χ1n) is 7.79. The van der Waals surface area contributed by atoms with Gasteiger partial charge in [0.2, 0.25) is 5.91 Å². The smallest absolute Gasteiger partial charge is 0.349 e. The number of nitrogens with zero attached hydrogens (tertiary/aromatic N) is 1. The molecule has 0 saturated heterocycles. The van der Waals surface area contributed by atoms with Crippen LogP contribution in [0.1, 0.15) is 25.0 Å². The Morgan fingerprint density at radius 1 is 1.12 bits per heavy atom. The fraction of sp³-hybridized carbons (Fsp3) is 0.333. The molecule has 0 saturated carbocycles. The van der Waals surface area contributed by atoms with Gasteiger partial charge in [-0.05, 0) is 44.0 Å². The van der Waals surface area contributed by atoms with Gasteiger partial charge in [0.1, 0.15) is 6.54 Å². The van der Waals surface area contributed by atoms with Gasteiger partial charge in [0.15, 0.2) is 0 Å². The van der Waals surface area contributed by atoms with Gasteiger partial charge in [-0.15, -0.1) is 0 Å². The maximum atomic E-state index is 12.8. The molecule has 2 aromatic rings. The van der Waals surface area contributed by atoms with Gasteiger partial charge < -0.3 is 9.88 Å². The van der Waals surface area contributed by atoms with Crippen molar-refractivity contribution in [2.24, 2.45) is 0 Å². The zero-order chi connectivity index (χ0) is 19.5. The van der Waals surface area contributed by atoms with E-state index >= 15 is 0 Å². The van der Waals surface area contributed by atoms with Gasteiger partial charge in [-0.1, -0.05) is 28.1 Å². The molecule has 140 valence electrons. The number of carbonyl (C=O) groups excluding carboxylic acids is 1. The second-order valence-electron chi connectivity index (χ2n) is 6.62. The number of benzene rings is 1. The zero-order valence-corrected chi connectivity index (χ0v) is 15.8. The van der Waals surface area contributed by atoms with Crippen molar-refractivity contribution in [2.45, 2.75) is 38.5 Å². The van der Waals surface area contributed by atoms with Crippen LogP contribution in [0.15, 0.2) is 51.9 Å². The lowest BCUT2D eigenvalue weighted by molar-refractivity contribution is -0.138. The molecule has 1 aromatic carbocycles. The highest BCUT2D eigenvalue weighted by Gasteiger charge is 2.31. The molecule has 4 nitrogen and oxygen atoms in total. The highest BCUT2D eigenvalue weighted by Crippen LogP contribution is 2.28. The number of nitrogens with one attached hydrogen (secondary N) is 1. The first-order valence-corrected chi connectivity index (χ1v) is 8.59. The van der Waals surface area contributed by atoms with E-state index in [1.165, 1.54) is 0 Å². The summed E-state index contributed by atoms with van der Waals surface area (Å²) in [7, 11) is 0. The van der Waals surface area contributed by atoms with Crippen LogP contribution >= 0.6 is 15.9 Å². The van der Waals surface area contributed by atoms with E-state index in [4.69, 9.17) is 0 Å². The second kappa shape index (κ2) is 7.65. The largest absolute Gasteiger partial charge is 0.417 e. The molecule has 2 rings (SSSR count). The molecule has 0 bridgehead atoms. The Morgan fingerprint density at radius 3 is 2.31 bits per heavy atom. The third-order valence-electron chi connectivity index (χ3n) is 3.66. The van der Waals surface area contributed by atoms with Crippen LogP contribution < -0.4 is 10.9 Å². The molecular weight excluding hydrogens is 413 g/mol. The second-order valence-corrected chi connectivity index (χ2v) is 7.53. The molecule has 1 heterocycles. The minimum Gasteiger partial charge on any atom is -0.349 e. The van der Waals surface area contributed by atoms with Crippen molar-refractivity contribution in [2.75, 3.05) is 0 Å². The lowest BCUT2D eigenvalue weighted by Crippen LogP contribution is -2.47. The van der Waals surface area contributed by atoms with E-state index in [0.717, 1.165) is 20.7 Å². The van der Waals surface area contributed by atoms with Crippen molar-refractivity contribution in [1.82, 2.24) is 9.88 Å². The summed E-state index contributed by atoms with van der Waals surface area (Å²) in [6.45, 7) is 3.14. The van der Waals surface area contributed by atoms with E-state index < -0.39 is 35.3 Å². The number of amides is 1. The van der Waals surface area contributed by atoms with Crippen LogP contribution in [0.2, 0.25) is 0 Å². The fourth-order valence-electron chi connectivity index (χ4n) is 2.55. The maximum Gasteiger partial charge on any atom is 0.417 e. The molecular formula is C18H18BrF3N2O2. The average Bonchev–Trinajstić information content (AvgIpc) is 2.49. The van der Waals surface area contributed by atoms with E-state index in [0.29, 0.717) is 18.7 Å². The quantitative estimate of drug-likeness (QED) is 0.784. The van der Waals surface area contributed by atoms with E-state index in [1.54, 1.807) is 0 Å². The summed E-state index contributed by atoms with van der Waals surface area (Å²) < 4.78 is 40.0. The molecule has 0 fully saturated rings. The summed E-state index contributed by atoms with van der Waals surface area (Å²) in [6, 6.07) is 9.10. The molecule has 8 heteroatoms. The SMILES string of the molecule is CC(C)(Cc1ccc(Br)cc1)NC(=O)Cn1cc(C(F)(F)F)ccc1=O. The van der Waals surface area contributed by atoms with Gasteiger partial charge in [0.05, 0.1) is 5.56 Å². The molecule has 0 unspecified atom stereocenters. The molecule has 0 atom stereocenters. The number of halogens is 4. The predicted octanol–water partition coefficient (Wildman–Crippen LogP) is 3.77. The third kappa shape index (κ3) is 5.72. The number of hydrogen-bond donors (Lipinski definition) is 1. The summed E-state index contributed by atoms with van der Waals surface area (Å²) in [5.41, 5.74) is -1.27. The first kappa shape index (κ1) is 20.2. The van der Waals surface area contributed by atoms with Crippen molar-refractivity contribution in [1.29, 1.82) is 0 Å². The van der Waals surface area contributed by atoms with Gasteiger partial charge in [-0.3, -0.25) is 9.59 Å². The zero-order valence-electron chi connectivity index (χ0n) is 14.2. The maximum absolute atomic E-state index is 12.8. The van der Waals surface area contributed by atoms with Crippen LogP contribution in [0.25, 0.3) is 0 Å². The summed E-state index contributed by atoms with van der Waals surface area (Å²) in [5.74, 6) is -0.534. The standard InChI is InChI=1S/C18H18BrF3N2O2/c1-17(2,9-12-3-6-14(19)7-4-12)23-15(25)11-24-10-13(18(20,21)22)5-8-16(24)26/h3-8,10H,9,11H2,1-2H3,(H,23,25). The van der Waals surface area contributed by atoms with Gasteiger partial charge in [-0.25, -0.2) is 0 Å². The number of alkyl halides is 3. The molecule has 1 amide bonds. The Hall–Kier alpha value is -2.09. The molecule has 26 heavy (non-hydrogen) atoms. The normalized spacial score (nSPS) is 12.1. The molecule has 1 N–H and O–H groups in total. The number of hydrogen-bond acceptors (Lipinski definition) is 2. The van der Waals surface area contributed by atoms with Crippen molar-refractivity contribution < 1.29 is 18.0 Å². The minimum absolute atomic E-state index is 0.480. The third-order valence-corrected chi connectivity index (χ3v) is 4.19. The lowest BCUT2D eigenvalue weighted by atomic mass is 9.95. The topological polar surface area (TPSA) is 51.1 Å². The summed E-state index contributed by atoms with van der Waals surface area (Å²) in [6.07, 6.45) is -3.39. The van der Waals surface area contributed by atoms with E-state index in [9.17, 15) is 22.8 Å². The Morgan fingerprint density at radius 2 is 1.73 bits per heavy atom. The molecule has 0 aliphatic rings. The van der Waals surface area contributed by atoms with Crippen LogP contribution in [0.4, 0.5) is 13.2 Å². The average molecular weight is 431 g/mol. The van der Waals surface area contributed by atoms with E-state index in [2.05, 4.69) is 21.2 Å². The molecule has 0 aliphatic heterocycles. The monoisotopic (exact) mass is 430 g/mol. The number of aromatic nitrogens is 1. The Balaban J connectivity index is 2.08. The fourth-order valence-corrected chi connectivity index (χ4v) is 2.82. The number of pyridine rings is 1. The highest BCUT2D eigenvalue weighted by molar-refractivity contribution is 9.10. The number of carbonyl (C=O) groups is 1. The van der Waals surface area contributed by atoms with Crippen LogP contribution in [-0.2, 0) is 23.9 Å². The highest BCUT2D eigenvalue weighted by atomic mass is 79.9. The van der Waals surface area contributed by atoms with Crippen molar-refractivity contribution in [3.63, 3.8) is 0 Å². The molecule has 1 aromatic heterocycles. The Labute approximate surface area is 157 Å². The first-order chi connectivity index (χ1) is 12.0. The minimum atomic E-state index is -4.58. The van der Waals surface area contributed by atoms with Crippen LogP contribution in [0, 0.1) is 0 Å². The number of rotatable bonds is 5.